The number of amides is 2. The highest BCUT2D eigenvalue weighted by atomic mass is 16.5. The van der Waals surface area contributed by atoms with Crippen LogP contribution in [0, 0.1) is 5.92 Å². The summed E-state index contributed by atoms with van der Waals surface area (Å²) in [7, 11) is 3.21. The van der Waals surface area contributed by atoms with Crippen LogP contribution >= 0.6 is 0 Å². The first-order valence-corrected chi connectivity index (χ1v) is 13.0. The Hall–Kier alpha value is -2.96. The Morgan fingerprint density at radius 3 is 2.33 bits per heavy atom. The Morgan fingerprint density at radius 1 is 1.06 bits per heavy atom. The normalized spacial score (nSPS) is 12.2. The van der Waals surface area contributed by atoms with E-state index in [1.807, 2.05) is 58.0 Å². The minimum Gasteiger partial charge on any atom is -0.493 e. The quantitative estimate of drug-likeness (QED) is 0.332. The zero-order chi connectivity index (χ0) is 26.7. The van der Waals surface area contributed by atoms with Crippen molar-refractivity contribution in [2.24, 2.45) is 5.92 Å². The van der Waals surface area contributed by atoms with Crippen LogP contribution in [0.25, 0.3) is 0 Å². The van der Waals surface area contributed by atoms with Gasteiger partial charge in [0, 0.05) is 18.0 Å². The number of methoxy groups -OCH3 is 2. The third kappa shape index (κ3) is 8.32. The van der Waals surface area contributed by atoms with Crippen molar-refractivity contribution in [2.75, 3.05) is 27.3 Å². The number of benzene rings is 1. The highest BCUT2D eigenvalue weighted by Gasteiger charge is 2.33. The lowest BCUT2D eigenvalue weighted by atomic mass is 9.94. The van der Waals surface area contributed by atoms with Crippen LogP contribution in [0.3, 0.4) is 0 Å². The van der Waals surface area contributed by atoms with E-state index in [4.69, 9.17) is 13.9 Å². The fraction of sp³-hybridized carbons (Fsp3) is 0.586. The molecule has 200 valence electrons. The fourth-order valence-electron chi connectivity index (χ4n) is 4.24. The molecule has 1 unspecified atom stereocenters. The van der Waals surface area contributed by atoms with Crippen molar-refractivity contribution in [2.45, 2.75) is 78.8 Å². The van der Waals surface area contributed by atoms with Crippen LogP contribution in [0.15, 0.2) is 41.0 Å². The Morgan fingerprint density at radius 2 is 1.78 bits per heavy atom. The molecule has 0 radical (unpaired) electrons. The molecule has 1 aromatic heterocycles. The van der Waals surface area contributed by atoms with Crippen molar-refractivity contribution in [3.8, 4) is 11.5 Å². The number of hydrogen-bond donors (Lipinski definition) is 0. The lowest BCUT2D eigenvalue weighted by Crippen LogP contribution is -2.53. The van der Waals surface area contributed by atoms with E-state index in [-0.39, 0.29) is 24.3 Å². The summed E-state index contributed by atoms with van der Waals surface area (Å²) >= 11 is 0. The lowest BCUT2D eigenvalue weighted by Gasteiger charge is -2.38. The first-order valence-electron chi connectivity index (χ1n) is 13.0. The van der Waals surface area contributed by atoms with Crippen molar-refractivity contribution >= 4 is 11.8 Å². The van der Waals surface area contributed by atoms with Crippen LogP contribution in [-0.4, -0.2) is 54.5 Å². The summed E-state index contributed by atoms with van der Waals surface area (Å²) < 4.78 is 16.3. The average molecular weight is 501 g/mol. The first-order chi connectivity index (χ1) is 17.1. The monoisotopic (exact) mass is 500 g/mol. The summed E-state index contributed by atoms with van der Waals surface area (Å²) in [5, 5.41) is 0. The fourth-order valence-corrected chi connectivity index (χ4v) is 4.24. The smallest absolute Gasteiger partial charge is 0.242 e. The molecule has 36 heavy (non-hydrogen) atoms. The van der Waals surface area contributed by atoms with Gasteiger partial charge in [-0.1, -0.05) is 32.8 Å². The molecule has 0 spiro atoms. The van der Waals surface area contributed by atoms with Crippen molar-refractivity contribution < 1.29 is 23.5 Å². The van der Waals surface area contributed by atoms with Gasteiger partial charge in [0.05, 0.1) is 27.0 Å². The number of carbonyl (C=O) groups excluding carboxylic acids is 2. The number of furan rings is 1. The standard InChI is InChI=1S/C29H44N2O5/c1-8-10-12-23(9-2)28(33)31(29(3,4)5)21-27(32)30(20-24-13-11-18-36-24)17-16-22-14-15-25(34-6)26(19-22)35-7/h11,13-15,18-19,23H,8-10,12,16-17,20-21H2,1-7H3. The van der Waals surface area contributed by atoms with E-state index < -0.39 is 5.54 Å². The highest BCUT2D eigenvalue weighted by molar-refractivity contribution is 5.86. The van der Waals surface area contributed by atoms with Crippen molar-refractivity contribution in [3.63, 3.8) is 0 Å². The Bertz CT molecular complexity index is 949. The molecule has 0 aliphatic rings. The maximum Gasteiger partial charge on any atom is 0.242 e. The number of ether oxygens (including phenoxy) is 2. The van der Waals surface area contributed by atoms with Crippen LogP contribution in [0.5, 0.6) is 11.5 Å². The molecule has 0 fully saturated rings. The summed E-state index contributed by atoms with van der Waals surface area (Å²) in [6.45, 7) is 11.0. The molecule has 1 aromatic carbocycles. The third-order valence-electron chi connectivity index (χ3n) is 6.52. The summed E-state index contributed by atoms with van der Waals surface area (Å²) in [5.74, 6) is 1.92. The number of rotatable bonds is 14. The highest BCUT2D eigenvalue weighted by Crippen LogP contribution is 2.28. The predicted molar refractivity (Wildman–Crippen MR) is 142 cm³/mol. The molecular weight excluding hydrogens is 456 g/mol. The molecule has 2 aromatic rings. The van der Waals surface area contributed by atoms with Crippen molar-refractivity contribution in [3.05, 3.63) is 47.9 Å². The molecule has 2 rings (SSSR count). The molecule has 1 heterocycles. The van der Waals surface area contributed by atoms with Crippen LogP contribution in [0.1, 0.15) is 71.6 Å². The Balaban J connectivity index is 2.23. The molecule has 0 saturated carbocycles. The van der Waals surface area contributed by atoms with Gasteiger partial charge in [-0.05, 0) is 69.9 Å². The van der Waals surface area contributed by atoms with E-state index >= 15 is 0 Å². The van der Waals surface area contributed by atoms with Gasteiger partial charge in [0.15, 0.2) is 11.5 Å². The zero-order valence-electron chi connectivity index (χ0n) is 23.1. The van der Waals surface area contributed by atoms with Gasteiger partial charge >= 0.3 is 0 Å². The molecule has 7 nitrogen and oxygen atoms in total. The van der Waals surface area contributed by atoms with E-state index in [9.17, 15) is 9.59 Å². The van der Waals surface area contributed by atoms with Gasteiger partial charge < -0.3 is 23.7 Å². The van der Waals surface area contributed by atoms with Gasteiger partial charge in [0.25, 0.3) is 0 Å². The number of hydrogen-bond acceptors (Lipinski definition) is 5. The first kappa shape index (κ1) is 29.3. The van der Waals surface area contributed by atoms with Crippen LogP contribution in [0.4, 0.5) is 0 Å². The minimum atomic E-state index is -0.466. The second-order valence-corrected chi connectivity index (χ2v) is 10.2. The van der Waals surface area contributed by atoms with Crippen molar-refractivity contribution in [1.82, 2.24) is 9.80 Å². The number of carbonyl (C=O) groups is 2. The molecular formula is C29H44N2O5. The maximum absolute atomic E-state index is 13.6. The topological polar surface area (TPSA) is 72.2 Å². The largest absolute Gasteiger partial charge is 0.493 e. The lowest BCUT2D eigenvalue weighted by molar-refractivity contribution is -0.148. The van der Waals surface area contributed by atoms with Crippen LogP contribution in [-0.2, 0) is 22.6 Å². The van der Waals surface area contributed by atoms with Gasteiger partial charge in [-0.2, -0.15) is 0 Å². The van der Waals surface area contributed by atoms with E-state index in [0.717, 1.165) is 31.2 Å². The van der Waals surface area contributed by atoms with Crippen molar-refractivity contribution in [1.29, 1.82) is 0 Å². The third-order valence-corrected chi connectivity index (χ3v) is 6.52. The summed E-state index contributed by atoms with van der Waals surface area (Å²) in [4.78, 5) is 30.7. The molecule has 0 N–H and O–H groups in total. The summed E-state index contributed by atoms with van der Waals surface area (Å²) in [5.41, 5.74) is 0.561. The van der Waals surface area contributed by atoms with Gasteiger partial charge in [0.1, 0.15) is 12.3 Å². The van der Waals surface area contributed by atoms with Gasteiger partial charge in [-0.25, -0.2) is 0 Å². The molecule has 1 atom stereocenters. The molecule has 0 aliphatic carbocycles. The minimum absolute atomic E-state index is 0.0393. The average Bonchev–Trinajstić information content (AvgIpc) is 3.37. The Labute approximate surface area is 216 Å². The molecule has 7 heteroatoms. The zero-order valence-corrected chi connectivity index (χ0v) is 23.1. The van der Waals surface area contributed by atoms with E-state index in [1.54, 1.807) is 30.3 Å². The number of nitrogens with zero attached hydrogens (tertiary/aromatic N) is 2. The number of unbranched alkanes of at least 4 members (excludes halogenated alkanes) is 1. The second kappa shape index (κ2) is 14.0. The molecule has 2 amide bonds. The van der Waals surface area contributed by atoms with Gasteiger partial charge in [0.2, 0.25) is 11.8 Å². The van der Waals surface area contributed by atoms with Crippen LogP contribution in [0.2, 0.25) is 0 Å². The SMILES string of the molecule is CCCCC(CC)C(=O)N(CC(=O)N(CCc1ccc(OC)c(OC)c1)Cc1ccco1)C(C)(C)C. The second-order valence-electron chi connectivity index (χ2n) is 10.2. The van der Waals surface area contributed by atoms with Gasteiger partial charge in [-0.15, -0.1) is 0 Å². The molecule has 0 aliphatic heterocycles. The summed E-state index contributed by atoms with van der Waals surface area (Å²) in [6, 6.07) is 9.45. The van der Waals surface area contributed by atoms with E-state index in [0.29, 0.717) is 36.8 Å². The molecule has 0 bridgehead atoms. The summed E-state index contributed by atoms with van der Waals surface area (Å²) in [6.07, 6.45) is 5.91. The maximum atomic E-state index is 13.6. The Kier molecular flexibility index (Phi) is 11.3. The van der Waals surface area contributed by atoms with E-state index in [1.165, 1.54) is 0 Å². The van der Waals surface area contributed by atoms with Crippen LogP contribution < -0.4 is 9.47 Å². The predicted octanol–water partition coefficient (Wildman–Crippen LogP) is 5.71. The van der Waals surface area contributed by atoms with E-state index in [2.05, 4.69) is 6.92 Å². The van der Waals surface area contributed by atoms with Gasteiger partial charge in [-0.3, -0.25) is 9.59 Å². The molecule has 0 saturated heterocycles.